The molecule has 1 aromatic carbocycles. The number of hydrogen-bond acceptors (Lipinski definition) is 4. The molecule has 2 heterocycles. The van der Waals surface area contributed by atoms with E-state index in [0.29, 0.717) is 24.6 Å². The number of hydrogen-bond donors (Lipinski definition) is 1. The van der Waals surface area contributed by atoms with Crippen LogP contribution < -0.4 is 5.32 Å². The van der Waals surface area contributed by atoms with Crippen molar-refractivity contribution in [2.24, 2.45) is 11.8 Å². The Morgan fingerprint density at radius 1 is 1.11 bits per heavy atom. The summed E-state index contributed by atoms with van der Waals surface area (Å²) in [6.45, 7) is 5.42. The van der Waals surface area contributed by atoms with Crippen LogP contribution in [-0.4, -0.2) is 69.7 Å². The molecule has 27 heavy (non-hydrogen) atoms. The Labute approximate surface area is 159 Å². The molecule has 8 heteroatoms. The summed E-state index contributed by atoms with van der Waals surface area (Å²) in [6, 6.07) is 7.20. The van der Waals surface area contributed by atoms with E-state index >= 15 is 0 Å². The van der Waals surface area contributed by atoms with Crippen LogP contribution in [0.5, 0.6) is 0 Å². The van der Waals surface area contributed by atoms with E-state index in [2.05, 4.69) is 29.4 Å². The largest absolute Gasteiger partial charge is 0.336 e. The summed E-state index contributed by atoms with van der Waals surface area (Å²) in [4.78, 5) is 28.4. The van der Waals surface area contributed by atoms with Crippen molar-refractivity contribution in [1.29, 1.82) is 0 Å². The zero-order valence-electron chi connectivity index (χ0n) is 16.2. The molecule has 1 fully saturated rings. The summed E-state index contributed by atoms with van der Waals surface area (Å²) in [7, 11) is 3.43. The minimum absolute atomic E-state index is 0.0161. The molecule has 1 saturated heterocycles. The summed E-state index contributed by atoms with van der Waals surface area (Å²) in [5.41, 5.74) is 1.53. The number of aromatic nitrogens is 3. The lowest BCUT2D eigenvalue weighted by atomic mass is 9.91. The smallest absolute Gasteiger partial charge is 0.317 e. The predicted octanol–water partition coefficient (Wildman–Crippen LogP) is 1.64. The van der Waals surface area contributed by atoms with E-state index in [-0.39, 0.29) is 23.9 Å². The van der Waals surface area contributed by atoms with Crippen molar-refractivity contribution in [2.45, 2.75) is 19.9 Å². The van der Waals surface area contributed by atoms with Crippen molar-refractivity contribution < 1.29 is 9.59 Å². The Hall–Kier alpha value is -2.90. The van der Waals surface area contributed by atoms with Gasteiger partial charge in [0.05, 0.1) is 6.04 Å². The first-order valence-electron chi connectivity index (χ1n) is 9.09. The van der Waals surface area contributed by atoms with Crippen molar-refractivity contribution in [2.75, 3.05) is 27.2 Å². The molecule has 144 valence electrons. The fraction of sp³-hybridized carbons (Fsp3) is 0.474. The van der Waals surface area contributed by atoms with E-state index in [1.54, 1.807) is 31.3 Å². The van der Waals surface area contributed by atoms with Gasteiger partial charge in [-0.15, -0.1) is 10.2 Å². The molecule has 0 unspecified atom stereocenters. The lowest BCUT2D eigenvalue weighted by Gasteiger charge is -2.24. The van der Waals surface area contributed by atoms with Crippen molar-refractivity contribution in [3.05, 3.63) is 42.5 Å². The lowest BCUT2D eigenvalue weighted by Crippen LogP contribution is -2.46. The number of nitrogens with one attached hydrogen (secondary N) is 1. The maximum absolute atomic E-state index is 12.9. The second-order valence-corrected chi connectivity index (χ2v) is 7.48. The number of carbonyl (C=O) groups is 2. The lowest BCUT2D eigenvalue weighted by molar-refractivity contribution is 0.0782. The SMILES string of the molecule is CC(C)[C@@H]1CN(C(=O)c2ccc(-n3cnnc3)cc2)C[C@H]1NC(=O)N(C)C. The molecule has 0 spiro atoms. The molecular formula is C19H26N6O2. The number of benzene rings is 1. The maximum atomic E-state index is 12.9. The van der Waals surface area contributed by atoms with E-state index in [1.165, 1.54) is 4.90 Å². The van der Waals surface area contributed by atoms with Crippen LogP contribution >= 0.6 is 0 Å². The maximum Gasteiger partial charge on any atom is 0.317 e. The van der Waals surface area contributed by atoms with Gasteiger partial charge in [0.1, 0.15) is 12.7 Å². The molecule has 0 aliphatic carbocycles. The standard InChI is InChI=1S/C19H26N6O2/c1-13(2)16-9-24(10-17(16)22-19(27)23(3)4)18(26)14-5-7-15(8-6-14)25-11-20-21-12-25/h5-8,11-13,16-17H,9-10H2,1-4H3,(H,22,27)/t16-,17+/m0/s1. The third-order valence-electron chi connectivity index (χ3n) is 5.05. The summed E-state index contributed by atoms with van der Waals surface area (Å²) in [5.74, 6) is 0.582. The molecule has 1 aromatic heterocycles. The van der Waals surface area contributed by atoms with Crippen molar-refractivity contribution in [3.8, 4) is 5.69 Å². The second kappa shape index (κ2) is 7.77. The van der Waals surface area contributed by atoms with E-state index in [4.69, 9.17) is 0 Å². The van der Waals surface area contributed by atoms with Crippen LogP contribution in [0.3, 0.4) is 0 Å². The number of carbonyl (C=O) groups excluding carboxylic acids is 2. The number of nitrogens with zero attached hydrogens (tertiary/aromatic N) is 5. The molecule has 0 radical (unpaired) electrons. The molecule has 3 amide bonds. The fourth-order valence-electron chi connectivity index (χ4n) is 3.40. The molecule has 2 atom stereocenters. The average molecular weight is 370 g/mol. The Bertz CT molecular complexity index is 785. The van der Waals surface area contributed by atoms with Crippen LogP contribution in [0.15, 0.2) is 36.9 Å². The van der Waals surface area contributed by atoms with Gasteiger partial charge < -0.3 is 15.1 Å². The molecule has 2 aromatic rings. The zero-order chi connectivity index (χ0) is 19.6. The summed E-state index contributed by atoms with van der Waals surface area (Å²) in [6.07, 6.45) is 3.23. The Kier molecular flexibility index (Phi) is 5.43. The number of rotatable bonds is 4. The van der Waals surface area contributed by atoms with Crippen molar-refractivity contribution in [1.82, 2.24) is 29.9 Å². The van der Waals surface area contributed by atoms with Crippen LogP contribution in [-0.2, 0) is 0 Å². The van der Waals surface area contributed by atoms with Crippen molar-refractivity contribution in [3.63, 3.8) is 0 Å². The van der Waals surface area contributed by atoms with E-state index < -0.39 is 0 Å². The van der Waals surface area contributed by atoms with Crippen LogP contribution in [0.2, 0.25) is 0 Å². The van der Waals surface area contributed by atoms with Gasteiger partial charge in [-0.25, -0.2) is 4.79 Å². The average Bonchev–Trinajstić information content (AvgIpc) is 3.31. The minimum Gasteiger partial charge on any atom is -0.336 e. The summed E-state index contributed by atoms with van der Waals surface area (Å²) < 4.78 is 1.78. The fourth-order valence-corrected chi connectivity index (χ4v) is 3.40. The van der Waals surface area contributed by atoms with Crippen LogP contribution in [0, 0.1) is 11.8 Å². The van der Waals surface area contributed by atoms with Crippen molar-refractivity contribution >= 4 is 11.9 Å². The molecule has 1 N–H and O–H groups in total. The molecule has 3 rings (SSSR count). The highest BCUT2D eigenvalue weighted by molar-refractivity contribution is 5.94. The number of urea groups is 1. The quantitative estimate of drug-likeness (QED) is 0.887. The highest BCUT2D eigenvalue weighted by Gasteiger charge is 2.38. The molecule has 0 bridgehead atoms. The predicted molar refractivity (Wildman–Crippen MR) is 102 cm³/mol. The van der Waals surface area contributed by atoms with Crippen LogP contribution in [0.4, 0.5) is 4.79 Å². The molecular weight excluding hydrogens is 344 g/mol. The van der Waals surface area contributed by atoms with Gasteiger partial charge in [0.2, 0.25) is 0 Å². The zero-order valence-corrected chi connectivity index (χ0v) is 16.2. The van der Waals surface area contributed by atoms with Gasteiger partial charge in [0.15, 0.2) is 0 Å². The minimum atomic E-state index is -0.127. The Morgan fingerprint density at radius 3 is 2.30 bits per heavy atom. The van der Waals surface area contributed by atoms with E-state index in [1.807, 2.05) is 29.2 Å². The normalized spacial score (nSPS) is 19.4. The second-order valence-electron chi connectivity index (χ2n) is 7.48. The highest BCUT2D eigenvalue weighted by Crippen LogP contribution is 2.26. The topological polar surface area (TPSA) is 83.4 Å². The van der Waals surface area contributed by atoms with Gasteiger partial charge in [-0.05, 0) is 30.2 Å². The molecule has 1 aliphatic heterocycles. The van der Waals surface area contributed by atoms with E-state index in [9.17, 15) is 9.59 Å². The first-order chi connectivity index (χ1) is 12.9. The number of likely N-dealkylation sites (tertiary alicyclic amines) is 1. The van der Waals surface area contributed by atoms with Gasteiger partial charge in [0, 0.05) is 44.4 Å². The van der Waals surface area contributed by atoms with Crippen LogP contribution in [0.1, 0.15) is 24.2 Å². The van der Waals surface area contributed by atoms with Gasteiger partial charge in [-0.2, -0.15) is 0 Å². The first-order valence-corrected chi connectivity index (χ1v) is 9.09. The number of amides is 3. The third kappa shape index (κ3) is 4.10. The monoisotopic (exact) mass is 370 g/mol. The van der Waals surface area contributed by atoms with Crippen LogP contribution in [0.25, 0.3) is 5.69 Å². The van der Waals surface area contributed by atoms with Gasteiger partial charge in [-0.1, -0.05) is 13.8 Å². The highest BCUT2D eigenvalue weighted by atomic mass is 16.2. The third-order valence-corrected chi connectivity index (χ3v) is 5.05. The van der Waals surface area contributed by atoms with E-state index in [0.717, 1.165) is 5.69 Å². The Balaban J connectivity index is 1.71. The van der Waals surface area contributed by atoms with Gasteiger partial charge >= 0.3 is 6.03 Å². The summed E-state index contributed by atoms with van der Waals surface area (Å²) >= 11 is 0. The summed E-state index contributed by atoms with van der Waals surface area (Å²) in [5, 5.41) is 10.6. The molecule has 1 aliphatic rings. The van der Waals surface area contributed by atoms with Gasteiger partial charge in [0.25, 0.3) is 5.91 Å². The molecule has 8 nitrogen and oxygen atoms in total. The Morgan fingerprint density at radius 2 is 1.74 bits per heavy atom. The molecule has 0 saturated carbocycles. The van der Waals surface area contributed by atoms with Gasteiger partial charge in [-0.3, -0.25) is 9.36 Å². The first kappa shape index (κ1) is 18.9.